The first-order valence-corrected chi connectivity index (χ1v) is 8.36. The number of hydrogen-bond acceptors (Lipinski definition) is 4. The standard InChI is InChI=1S/C19H20N4O/c24-18-16-8-1-2-9-17(16)22-19(23-18)21-15-7-3-5-13(11-15)14-6-4-10-20-12-14/h1-3,5,7-9,11,14,20H,4,6,10,12H2,(H2,21,22,23,24)/t14-/m0/s1. The first-order valence-electron chi connectivity index (χ1n) is 8.36. The summed E-state index contributed by atoms with van der Waals surface area (Å²) in [6.45, 7) is 2.13. The van der Waals surface area contributed by atoms with Crippen LogP contribution in [-0.2, 0) is 0 Å². The zero-order chi connectivity index (χ0) is 16.4. The fourth-order valence-electron chi connectivity index (χ4n) is 3.29. The second-order valence-corrected chi connectivity index (χ2v) is 6.23. The Kier molecular flexibility index (Phi) is 4.01. The van der Waals surface area contributed by atoms with Crippen molar-refractivity contribution in [2.45, 2.75) is 18.8 Å². The molecule has 1 saturated heterocycles. The van der Waals surface area contributed by atoms with Crippen LogP contribution >= 0.6 is 0 Å². The van der Waals surface area contributed by atoms with Crippen molar-refractivity contribution in [1.29, 1.82) is 0 Å². The Morgan fingerprint density at radius 1 is 1.12 bits per heavy atom. The Morgan fingerprint density at radius 2 is 2.04 bits per heavy atom. The number of nitrogens with one attached hydrogen (secondary N) is 3. The quantitative estimate of drug-likeness (QED) is 0.693. The van der Waals surface area contributed by atoms with Crippen LogP contribution in [0.3, 0.4) is 0 Å². The Labute approximate surface area is 140 Å². The van der Waals surface area contributed by atoms with Gasteiger partial charge in [0.2, 0.25) is 5.95 Å². The normalized spacial score (nSPS) is 17.8. The molecule has 24 heavy (non-hydrogen) atoms. The molecule has 2 heterocycles. The van der Waals surface area contributed by atoms with Gasteiger partial charge >= 0.3 is 0 Å². The van der Waals surface area contributed by atoms with Gasteiger partial charge in [-0.1, -0.05) is 24.3 Å². The van der Waals surface area contributed by atoms with Crippen LogP contribution < -0.4 is 16.2 Å². The van der Waals surface area contributed by atoms with Crippen molar-refractivity contribution < 1.29 is 0 Å². The zero-order valence-electron chi connectivity index (χ0n) is 13.4. The Bertz CT molecular complexity index is 912. The fraction of sp³-hybridized carbons (Fsp3) is 0.263. The SMILES string of the molecule is O=c1[nH]c(Nc2cccc([C@H]3CCCNC3)c2)nc2ccccc12. The van der Waals surface area contributed by atoms with Crippen molar-refractivity contribution in [3.8, 4) is 0 Å². The number of anilines is 2. The lowest BCUT2D eigenvalue weighted by Gasteiger charge is -2.23. The predicted octanol–water partition coefficient (Wildman–Crippen LogP) is 3.13. The minimum atomic E-state index is -0.129. The van der Waals surface area contributed by atoms with E-state index in [0.717, 1.165) is 18.8 Å². The number of H-pyrrole nitrogens is 1. The molecule has 1 fully saturated rings. The molecule has 4 rings (SSSR count). The van der Waals surface area contributed by atoms with Crippen molar-refractivity contribution in [3.05, 3.63) is 64.4 Å². The number of piperidine rings is 1. The minimum absolute atomic E-state index is 0.129. The van der Waals surface area contributed by atoms with Crippen LogP contribution in [0.2, 0.25) is 0 Å². The first-order chi connectivity index (χ1) is 11.8. The molecule has 1 aromatic heterocycles. The third-order valence-electron chi connectivity index (χ3n) is 4.53. The van der Waals surface area contributed by atoms with Gasteiger partial charge in [-0.05, 0) is 55.1 Å². The van der Waals surface area contributed by atoms with Gasteiger partial charge in [0.15, 0.2) is 0 Å². The van der Waals surface area contributed by atoms with Crippen LogP contribution in [0, 0.1) is 0 Å². The van der Waals surface area contributed by atoms with E-state index in [1.807, 2.05) is 30.3 Å². The highest BCUT2D eigenvalue weighted by atomic mass is 16.1. The van der Waals surface area contributed by atoms with E-state index in [2.05, 4.69) is 32.7 Å². The molecule has 1 aliphatic heterocycles. The molecule has 0 spiro atoms. The number of benzene rings is 2. The molecule has 0 saturated carbocycles. The van der Waals surface area contributed by atoms with Crippen molar-refractivity contribution in [1.82, 2.24) is 15.3 Å². The van der Waals surface area contributed by atoms with E-state index < -0.39 is 0 Å². The van der Waals surface area contributed by atoms with Crippen molar-refractivity contribution >= 4 is 22.5 Å². The van der Waals surface area contributed by atoms with Gasteiger partial charge in [0.05, 0.1) is 10.9 Å². The second kappa shape index (κ2) is 6.45. The van der Waals surface area contributed by atoms with Gasteiger partial charge in [-0.25, -0.2) is 4.98 Å². The van der Waals surface area contributed by atoms with Crippen molar-refractivity contribution in [2.75, 3.05) is 18.4 Å². The molecule has 0 bridgehead atoms. The van der Waals surface area contributed by atoms with E-state index in [-0.39, 0.29) is 5.56 Å². The van der Waals surface area contributed by atoms with Gasteiger partial charge < -0.3 is 10.6 Å². The highest BCUT2D eigenvalue weighted by Crippen LogP contribution is 2.26. The lowest BCUT2D eigenvalue weighted by Crippen LogP contribution is -2.28. The van der Waals surface area contributed by atoms with E-state index in [0.29, 0.717) is 22.8 Å². The summed E-state index contributed by atoms with van der Waals surface area (Å²) in [6.07, 6.45) is 2.42. The Balaban J connectivity index is 1.62. The average Bonchev–Trinajstić information content (AvgIpc) is 2.63. The van der Waals surface area contributed by atoms with Crippen molar-refractivity contribution in [3.63, 3.8) is 0 Å². The fourth-order valence-corrected chi connectivity index (χ4v) is 3.29. The molecule has 122 valence electrons. The molecular formula is C19H20N4O. The largest absolute Gasteiger partial charge is 0.326 e. The number of nitrogens with zero attached hydrogens (tertiary/aromatic N) is 1. The van der Waals surface area contributed by atoms with Gasteiger partial charge in [-0.15, -0.1) is 0 Å². The summed E-state index contributed by atoms with van der Waals surface area (Å²) in [6, 6.07) is 15.7. The maximum Gasteiger partial charge on any atom is 0.260 e. The van der Waals surface area contributed by atoms with Crippen molar-refractivity contribution in [2.24, 2.45) is 0 Å². The topological polar surface area (TPSA) is 69.8 Å². The van der Waals surface area contributed by atoms with Crippen LogP contribution in [0.1, 0.15) is 24.3 Å². The third kappa shape index (κ3) is 3.03. The molecule has 2 aromatic carbocycles. The number of para-hydroxylation sites is 1. The molecule has 0 unspecified atom stereocenters. The number of aromatic amines is 1. The molecule has 0 radical (unpaired) electrons. The predicted molar refractivity (Wildman–Crippen MR) is 96.9 cm³/mol. The summed E-state index contributed by atoms with van der Waals surface area (Å²) in [5.41, 5.74) is 2.82. The van der Waals surface area contributed by atoms with Crippen LogP contribution in [0.25, 0.3) is 10.9 Å². The Hall–Kier alpha value is -2.66. The average molecular weight is 320 g/mol. The summed E-state index contributed by atoms with van der Waals surface area (Å²) in [5, 5.41) is 7.28. The molecule has 0 amide bonds. The minimum Gasteiger partial charge on any atom is -0.326 e. The van der Waals surface area contributed by atoms with E-state index in [4.69, 9.17) is 0 Å². The van der Waals surface area contributed by atoms with Crippen LogP contribution in [-0.4, -0.2) is 23.1 Å². The first kappa shape index (κ1) is 14.9. The highest BCUT2D eigenvalue weighted by molar-refractivity contribution is 5.78. The summed E-state index contributed by atoms with van der Waals surface area (Å²) in [7, 11) is 0. The smallest absolute Gasteiger partial charge is 0.260 e. The third-order valence-corrected chi connectivity index (χ3v) is 4.53. The van der Waals surface area contributed by atoms with E-state index in [1.165, 1.54) is 18.4 Å². The second-order valence-electron chi connectivity index (χ2n) is 6.23. The van der Waals surface area contributed by atoms with Crippen LogP contribution in [0.15, 0.2) is 53.3 Å². The molecular weight excluding hydrogens is 300 g/mol. The maximum absolute atomic E-state index is 12.2. The molecule has 3 aromatic rings. The van der Waals surface area contributed by atoms with Crippen LogP contribution in [0.5, 0.6) is 0 Å². The molecule has 0 aliphatic carbocycles. The number of fused-ring (bicyclic) bond motifs is 1. The number of aromatic nitrogens is 2. The molecule has 1 aliphatic rings. The number of hydrogen-bond donors (Lipinski definition) is 3. The lowest BCUT2D eigenvalue weighted by atomic mass is 9.91. The molecule has 5 heteroatoms. The van der Waals surface area contributed by atoms with Gasteiger partial charge in [-0.2, -0.15) is 0 Å². The maximum atomic E-state index is 12.2. The zero-order valence-corrected chi connectivity index (χ0v) is 13.4. The van der Waals surface area contributed by atoms with E-state index >= 15 is 0 Å². The summed E-state index contributed by atoms with van der Waals surface area (Å²) in [4.78, 5) is 19.5. The summed E-state index contributed by atoms with van der Waals surface area (Å²) >= 11 is 0. The van der Waals surface area contributed by atoms with Gasteiger partial charge in [0.1, 0.15) is 0 Å². The Morgan fingerprint density at radius 3 is 2.92 bits per heavy atom. The van der Waals surface area contributed by atoms with Crippen LogP contribution in [0.4, 0.5) is 11.6 Å². The molecule has 5 nitrogen and oxygen atoms in total. The summed E-state index contributed by atoms with van der Waals surface area (Å²) < 4.78 is 0. The monoisotopic (exact) mass is 320 g/mol. The summed E-state index contributed by atoms with van der Waals surface area (Å²) in [5.74, 6) is 1.02. The van der Waals surface area contributed by atoms with E-state index in [1.54, 1.807) is 6.07 Å². The van der Waals surface area contributed by atoms with Gasteiger partial charge in [0.25, 0.3) is 5.56 Å². The lowest BCUT2D eigenvalue weighted by molar-refractivity contribution is 0.462. The molecule has 1 atom stereocenters. The number of rotatable bonds is 3. The highest BCUT2D eigenvalue weighted by Gasteiger charge is 2.15. The van der Waals surface area contributed by atoms with Gasteiger partial charge in [-0.3, -0.25) is 9.78 Å². The molecule has 3 N–H and O–H groups in total. The van der Waals surface area contributed by atoms with E-state index in [9.17, 15) is 4.79 Å². The van der Waals surface area contributed by atoms with Gasteiger partial charge in [0, 0.05) is 12.2 Å².